The Bertz CT molecular complexity index is 988. The van der Waals surface area contributed by atoms with Crippen LogP contribution in [0.5, 0.6) is 17.4 Å². The average molecular weight is 371 g/mol. The number of allylic oxidation sites excluding steroid dienone is 1. The molecule has 140 valence electrons. The number of phenolic OH excluding ortho intramolecular Hbond substituents is 1. The number of ether oxygens (including phenoxy) is 2. The molecule has 0 aliphatic carbocycles. The Morgan fingerprint density at radius 2 is 2.30 bits per heavy atom. The van der Waals surface area contributed by atoms with Gasteiger partial charge in [-0.1, -0.05) is 13.3 Å². The van der Waals surface area contributed by atoms with E-state index in [-0.39, 0.29) is 23.1 Å². The molecule has 10 heteroatoms. The highest BCUT2D eigenvalue weighted by Gasteiger charge is 2.36. The lowest BCUT2D eigenvalue weighted by molar-refractivity contribution is -0.385. The minimum Gasteiger partial charge on any atom is -0.504 e. The minimum atomic E-state index is -0.769. The number of H-pyrrole nitrogens is 1. The van der Waals surface area contributed by atoms with Gasteiger partial charge in [-0.2, -0.15) is 5.26 Å². The van der Waals surface area contributed by atoms with E-state index in [0.717, 1.165) is 12.1 Å². The van der Waals surface area contributed by atoms with Gasteiger partial charge < -0.3 is 20.3 Å². The number of nitriles is 1. The van der Waals surface area contributed by atoms with Crippen molar-refractivity contribution >= 4 is 5.69 Å². The summed E-state index contributed by atoms with van der Waals surface area (Å²) in [5.74, 6) is -1.37. The van der Waals surface area contributed by atoms with Crippen LogP contribution in [0.4, 0.5) is 5.69 Å². The first-order valence-electron chi connectivity index (χ1n) is 8.12. The third-order valence-corrected chi connectivity index (χ3v) is 4.32. The van der Waals surface area contributed by atoms with Crippen LogP contribution < -0.4 is 15.2 Å². The van der Waals surface area contributed by atoms with E-state index in [9.17, 15) is 20.5 Å². The third-order valence-electron chi connectivity index (χ3n) is 4.32. The molecule has 4 N–H and O–H groups in total. The third kappa shape index (κ3) is 2.89. The lowest BCUT2D eigenvalue weighted by Crippen LogP contribution is -2.21. The number of phenols is 1. The van der Waals surface area contributed by atoms with Crippen LogP contribution in [0.1, 0.15) is 36.1 Å². The number of benzene rings is 1. The molecule has 1 atom stereocenters. The maximum Gasteiger partial charge on any atom is 0.315 e. The first-order valence-corrected chi connectivity index (χ1v) is 8.12. The van der Waals surface area contributed by atoms with Crippen LogP contribution >= 0.6 is 0 Å². The molecule has 0 saturated heterocycles. The predicted molar refractivity (Wildman–Crippen MR) is 93.2 cm³/mol. The Morgan fingerprint density at radius 3 is 2.89 bits per heavy atom. The number of hydrogen-bond donors (Lipinski definition) is 3. The normalized spacial score (nSPS) is 15.7. The van der Waals surface area contributed by atoms with Crippen LogP contribution in [0.3, 0.4) is 0 Å². The van der Waals surface area contributed by atoms with E-state index in [0.29, 0.717) is 17.5 Å². The summed E-state index contributed by atoms with van der Waals surface area (Å²) >= 11 is 0. The van der Waals surface area contributed by atoms with Crippen molar-refractivity contribution in [3.8, 4) is 23.4 Å². The number of fused-ring (bicyclic) bond motifs is 1. The zero-order valence-corrected chi connectivity index (χ0v) is 14.6. The van der Waals surface area contributed by atoms with Crippen molar-refractivity contribution in [3.05, 3.63) is 50.5 Å². The number of nitrogens with zero attached hydrogens (tertiary/aromatic N) is 3. The largest absolute Gasteiger partial charge is 0.504 e. The number of aryl methyl sites for hydroxylation is 1. The fourth-order valence-electron chi connectivity index (χ4n) is 3.21. The van der Waals surface area contributed by atoms with Crippen molar-refractivity contribution in [2.45, 2.75) is 25.7 Å². The van der Waals surface area contributed by atoms with Crippen molar-refractivity contribution in [1.29, 1.82) is 5.26 Å². The van der Waals surface area contributed by atoms with Crippen LogP contribution in [0.2, 0.25) is 0 Å². The molecule has 0 bridgehead atoms. The van der Waals surface area contributed by atoms with Crippen molar-refractivity contribution < 1.29 is 19.5 Å². The van der Waals surface area contributed by atoms with Gasteiger partial charge in [0.2, 0.25) is 17.5 Å². The zero-order chi connectivity index (χ0) is 19.7. The van der Waals surface area contributed by atoms with Gasteiger partial charge in [-0.25, -0.2) is 0 Å². The molecule has 0 spiro atoms. The minimum absolute atomic E-state index is 0.0834. The molecule has 0 saturated carbocycles. The van der Waals surface area contributed by atoms with Gasteiger partial charge in [-0.05, 0) is 18.1 Å². The SMILES string of the molecule is CCCc1[nH]nc2c1C(c1cc(O)c(OC)c([N+](=O)[O-])c1)C(C#N)=C(N)O2. The summed E-state index contributed by atoms with van der Waals surface area (Å²) in [5, 5.41) is 38.2. The number of aromatic amines is 1. The molecule has 0 amide bonds. The van der Waals surface area contributed by atoms with Crippen LogP contribution in [0.15, 0.2) is 23.6 Å². The highest BCUT2D eigenvalue weighted by Crippen LogP contribution is 2.47. The van der Waals surface area contributed by atoms with Gasteiger partial charge in [0, 0.05) is 17.3 Å². The van der Waals surface area contributed by atoms with E-state index in [2.05, 4.69) is 10.2 Å². The number of aromatic nitrogens is 2. The fraction of sp³-hybridized carbons (Fsp3) is 0.294. The summed E-state index contributed by atoms with van der Waals surface area (Å²) in [4.78, 5) is 10.8. The lowest BCUT2D eigenvalue weighted by atomic mass is 9.83. The number of aromatic hydroxyl groups is 1. The molecule has 2 heterocycles. The Hall–Kier alpha value is -3.74. The van der Waals surface area contributed by atoms with Gasteiger partial charge in [0.05, 0.1) is 18.0 Å². The van der Waals surface area contributed by atoms with Crippen molar-refractivity contribution in [2.75, 3.05) is 7.11 Å². The fourth-order valence-corrected chi connectivity index (χ4v) is 3.21. The summed E-state index contributed by atoms with van der Waals surface area (Å²) < 4.78 is 10.4. The van der Waals surface area contributed by atoms with Gasteiger partial charge in [0.15, 0.2) is 5.75 Å². The number of hydrogen-bond acceptors (Lipinski definition) is 8. The molecular weight excluding hydrogens is 354 g/mol. The Balaban J connectivity index is 2.28. The molecule has 27 heavy (non-hydrogen) atoms. The number of nitrogens with one attached hydrogen (secondary N) is 1. The van der Waals surface area contributed by atoms with Gasteiger partial charge in [-0.3, -0.25) is 15.2 Å². The standard InChI is InChI=1S/C17H17N5O5/c1-3-4-10-14-13(9(7-18)16(19)27-17(14)21-20-10)8-5-11(22(24)25)15(26-2)12(23)6-8/h5-6,13,23H,3-4,19H2,1-2H3,(H,20,21). The maximum absolute atomic E-state index is 11.4. The average Bonchev–Trinajstić information content (AvgIpc) is 3.02. The number of nitro groups is 1. The maximum atomic E-state index is 11.4. The molecule has 0 radical (unpaired) electrons. The number of nitro benzene ring substituents is 1. The van der Waals surface area contributed by atoms with Gasteiger partial charge in [0.25, 0.3) is 0 Å². The number of methoxy groups -OCH3 is 1. The molecule has 2 aromatic rings. The second-order valence-corrected chi connectivity index (χ2v) is 5.95. The van der Waals surface area contributed by atoms with E-state index in [1.807, 2.05) is 13.0 Å². The summed E-state index contributed by atoms with van der Waals surface area (Å²) in [7, 11) is 1.22. The van der Waals surface area contributed by atoms with Gasteiger partial charge in [-0.15, -0.1) is 5.10 Å². The molecular formula is C17H17N5O5. The van der Waals surface area contributed by atoms with Gasteiger partial charge in [0.1, 0.15) is 11.6 Å². The lowest BCUT2D eigenvalue weighted by Gasteiger charge is -2.24. The summed E-state index contributed by atoms with van der Waals surface area (Å²) in [6.07, 6.45) is 1.43. The summed E-state index contributed by atoms with van der Waals surface area (Å²) in [6.45, 7) is 1.98. The Labute approximate surface area is 154 Å². The smallest absolute Gasteiger partial charge is 0.315 e. The zero-order valence-electron chi connectivity index (χ0n) is 14.6. The van der Waals surface area contributed by atoms with Crippen LogP contribution in [0.25, 0.3) is 0 Å². The van der Waals surface area contributed by atoms with E-state index in [1.165, 1.54) is 19.2 Å². The van der Waals surface area contributed by atoms with Crippen LogP contribution in [-0.2, 0) is 6.42 Å². The number of nitrogens with two attached hydrogens (primary N) is 1. The van der Waals surface area contributed by atoms with E-state index in [4.69, 9.17) is 15.2 Å². The second-order valence-electron chi connectivity index (χ2n) is 5.95. The second kappa shape index (κ2) is 6.87. The molecule has 1 aliphatic heterocycles. The predicted octanol–water partition coefficient (Wildman–Crippen LogP) is 2.20. The molecule has 0 fully saturated rings. The first-order chi connectivity index (χ1) is 12.9. The molecule has 10 nitrogen and oxygen atoms in total. The first kappa shape index (κ1) is 18.1. The highest BCUT2D eigenvalue weighted by atomic mass is 16.6. The Kier molecular flexibility index (Phi) is 4.60. The highest BCUT2D eigenvalue weighted by molar-refractivity contribution is 5.63. The van der Waals surface area contributed by atoms with E-state index < -0.39 is 22.3 Å². The molecule has 1 unspecified atom stereocenters. The van der Waals surface area contributed by atoms with Crippen molar-refractivity contribution in [3.63, 3.8) is 0 Å². The summed E-state index contributed by atoms with van der Waals surface area (Å²) in [6, 6.07) is 4.58. The monoisotopic (exact) mass is 371 g/mol. The number of rotatable bonds is 5. The molecule has 1 aromatic heterocycles. The quantitative estimate of drug-likeness (QED) is 0.532. The van der Waals surface area contributed by atoms with E-state index >= 15 is 0 Å². The van der Waals surface area contributed by atoms with E-state index in [1.54, 1.807) is 0 Å². The molecule has 3 rings (SSSR count). The van der Waals surface area contributed by atoms with Crippen molar-refractivity contribution in [1.82, 2.24) is 10.2 Å². The van der Waals surface area contributed by atoms with Crippen molar-refractivity contribution in [2.24, 2.45) is 5.73 Å². The molecule has 1 aliphatic rings. The summed E-state index contributed by atoms with van der Waals surface area (Å²) in [5.41, 5.74) is 7.14. The van der Waals surface area contributed by atoms with Crippen LogP contribution in [-0.4, -0.2) is 27.3 Å². The Morgan fingerprint density at radius 1 is 1.56 bits per heavy atom. The molecule has 1 aromatic carbocycles. The van der Waals surface area contributed by atoms with Crippen LogP contribution in [0, 0.1) is 21.4 Å². The van der Waals surface area contributed by atoms with Gasteiger partial charge >= 0.3 is 5.69 Å². The topological polar surface area (TPSA) is 160 Å².